The topological polar surface area (TPSA) is 44.3 Å². The number of benzene rings is 3. The summed E-state index contributed by atoms with van der Waals surface area (Å²) in [6.45, 7) is 3.31. The van der Waals surface area contributed by atoms with Crippen molar-refractivity contribution in [2.75, 3.05) is 36.4 Å². The Hall–Kier alpha value is -3.22. The van der Waals surface area contributed by atoms with Crippen molar-refractivity contribution in [1.82, 2.24) is 15.1 Å². The van der Waals surface area contributed by atoms with Gasteiger partial charge in [-0.05, 0) is 42.0 Å². The minimum absolute atomic E-state index is 0.711. The number of halogens is 1. The Morgan fingerprint density at radius 2 is 1.48 bits per heavy atom. The second-order valence-electron chi connectivity index (χ2n) is 8.09. The van der Waals surface area contributed by atoms with Crippen LogP contribution in [0.2, 0.25) is 5.02 Å². The van der Waals surface area contributed by atoms with E-state index in [4.69, 9.17) is 23.8 Å². The first kappa shape index (κ1) is 21.6. The number of fused-ring (bicyclic) bond motifs is 1. The summed E-state index contributed by atoms with van der Waals surface area (Å²) in [5, 5.41) is 16.4. The molecule has 166 valence electrons. The van der Waals surface area contributed by atoms with Crippen LogP contribution in [0.25, 0.3) is 10.8 Å². The van der Waals surface area contributed by atoms with Crippen LogP contribution >= 0.6 is 23.8 Å². The standard InChI is InChI=1S/C26H24ClN5S/c27-20-10-12-21(13-11-20)28-26(33)32-16-14-31(15-17-32)25-23-9-5-4-8-22(23)24(29-30-25)18-19-6-2-1-3-7-19/h1-13H,14-18H2,(H,28,33). The summed E-state index contributed by atoms with van der Waals surface area (Å²) in [6, 6.07) is 26.4. The molecule has 3 aromatic carbocycles. The van der Waals surface area contributed by atoms with Crippen LogP contribution < -0.4 is 10.2 Å². The fraction of sp³-hybridized carbons (Fsp3) is 0.192. The molecular weight excluding hydrogens is 450 g/mol. The molecule has 1 aliphatic rings. The van der Waals surface area contributed by atoms with Gasteiger partial charge >= 0.3 is 0 Å². The van der Waals surface area contributed by atoms with Gasteiger partial charge in [0.05, 0.1) is 5.69 Å². The van der Waals surface area contributed by atoms with Gasteiger partial charge in [0.1, 0.15) is 0 Å². The fourth-order valence-corrected chi connectivity index (χ4v) is 4.58. The number of piperazine rings is 1. The lowest BCUT2D eigenvalue weighted by Gasteiger charge is -2.37. The molecule has 0 spiro atoms. The molecule has 1 fully saturated rings. The van der Waals surface area contributed by atoms with Crippen LogP contribution in [0.1, 0.15) is 11.3 Å². The Morgan fingerprint density at radius 1 is 0.818 bits per heavy atom. The largest absolute Gasteiger partial charge is 0.351 e. The van der Waals surface area contributed by atoms with Crippen molar-refractivity contribution in [2.45, 2.75) is 6.42 Å². The first-order valence-corrected chi connectivity index (χ1v) is 11.8. The van der Waals surface area contributed by atoms with Gasteiger partial charge in [0.25, 0.3) is 0 Å². The van der Waals surface area contributed by atoms with Gasteiger partial charge in [-0.25, -0.2) is 0 Å². The Balaban J connectivity index is 1.30. The van der Waals surface area contributed by atoms with Gasteiger partial charge in [-0.3, -0.25) is 0 Å². The van der Waals surface area contributed by atoms with E-state index in [9.17, 15) is 0 Å². The van der Waals surface area contributed by atoms with E-state index < -0.39 is 0 Å². The van der Waals surface area contributed by atoms with Crippen LogP contribution in [0.5, 0.6) is 0 Å². The number of aromatic nitrogens is 2. The van der Waals surface area contributed by atoms with Crippen LogP contribution in [0.15, 0.2) is 78.9 Å². The summed E-state index contributed by atoms with van der Waals surface area (Å²) < 4.78 is 0. The first-order valence-electron chi connectivity index (χ1n) is 11.0. The molecule has 33 heavy (non-hydrogen) atoms. The smallest absolute Gasteiger partial charge is 0.173 e. The number of hydrogen-bond acceptors (Lipinski definition) is 4. The third-order valence-electron chi connectivity index (χ3n) is 5.92. The summed E-state index contributed by atoms with van der Waals surface area (Å²) in [6.07, 6.45) is 0.771. The van der Waals surface area contributed by atoms with Crippen LogP contribution in [0, 0.1) is 0 Å². The van der Waals surface area contributed by atoms with Crippen molar-refractivity contribution in [3.05, 3.63) is 95.1 Å². The second-order valence-corrected chi connectivity index (χ2v) is 8.91. The Morgan fingerprint density at radius 3 is 2.21 bits per heavy atom. The van der Waals surface area contributed by atoms with E-state index in [-0.39, 0.29) is 0 Å². The highest BCUT2D eigenvalue weighted by molar-refractivity contribution is 7.80. The highest BCUT2D eigenvalue weighted by Crippen LogP contribution is 2.28. The molecule has 0 unspecified atom stereocenters. The molecule has 1 saturated heterocycles. The highest BCUT2D eigenvalue weighted by Gasteiger charge is 2.22. The Bertz CT molecular complexity index is 1250. The molecule has 7 heteroatoms. The molecule has 0 atom stereocenters. The SMILES string of the molecule is S=C(Nc1ccc(Cl)cc1)N1CCN(c2nnc(Cc3ccccc3)c3ccccc23)CC1. The molecule has 5 nitrogen and oxygen atoms in total. The minimum atomic E-state index is 0.711. The van der Waals surface area contributed by atoms with Crippen LogP contribution in [0.4, 0.5) is 11.5 Å². The molecule has 1 N–H and O–H groups in total. The molecule has 4 aromatic rings. The number of thiocarbonyl (C=S) groups is 1. The predicted octanol–water partition coefficient (Wildman–Crippen LogP) is 5.39. The van der Waals surface area contributed by atoms with Gasteiger partial charge < -0.3 is 15.1 Å². The van der Waals surface area contributed by atoms with Gasteiger partial charge in [0, 0.05) is 54.1 Å². The molecular formula is C26H24ClN5S. The lowest BCUT2D eigenvalue weighted by atomic mass is 10.0. The van der Waals surface area contributed by atoms with E-state index in [0.29, 0.717) is 5.02 Å². The van der Waals surface area contributed by atoms with Crippen molar-refractivity contribution in [3.8, 4) is 0 Å². The van der Waals surface area contributed by atoms with Crippen LogP contribution in [-0.2, 0) is 6.42 Å². The second kappa shape index (κ2) is 9.73. The van der Waals surface area contributed by atoms with E-state index in [1.54, 1.807) is 0 Å². The summed E-state index contributed by atoms with van der Waals surface area (Å²) in [4.78, 5) is 4.50. The average Bonchev–Trinajstić information content (AvgIpc) is 2.86. The maximum absolute atomic E-state index is 5.98. The van der Waals surface area contributed by atoms with Crippen LogP contribution in [-0.4, -0.2) is 46.4 Å². The molecule has 0 aliphatic carbocycles. The maximum Gasteiger partial charge on any atom is 0.173 e. The molecule has 1 aromatic heterocycles. The minimum Gasteiger partial charge on any atom is -0.351 e. The van der Waals surface area contributed by atoms with Crippen molar-refractivity contribution in [1.29, 1.82) is 0 Å². The lowest BCUT2D eigenvalue weighted by Crippen LogP contribution is -2.50. The number of nitrogens with one attached hydrogen (secondary N) is 1. The van der Waals surface area contributed by atoms with Crippen molar-refractivity contribution in [3.63, 3.8) is 0 Å². The van der Waals surface area contributed by atoms with Gasteiger partial charge in [-0.1, -0.05) is 66.2 Å². The van der Waals surface area contributed by atoms with E-state index >= 15 is 0 Å². The third kappa shape index (κ3) is 4.92. The van der Waals surface area contributed by atoms with Crippen molar-refractivity contribution >= 4 is 51.2 Å². The Labute approximate surface area is 204 Å². The van der Waals surface area contributed by atoms with Crippen molar-refractivity contribution < 1.29 is 0 Å². The van der Waals surface area contributed by atoms with Gasteiger partial charge in [-0.2, -0.15) is 5.10 Å². The van der Waals surface area contributed by atoms with Gasteiger partial charge in [-0.15, -0.1) is 5.10 Å². The summed E-state index contributed by atoms with van der Waals surface area (Å²) in [5.41, 5.74) is 3.19. The normalized spacial score (nSPS) is 13.8. The van der Waals surface area contributed by atoms with Gasteiger partial charge in [0.2, 0.25) is 0 Å². The monoisotopic (exact) mass is 473 g/mol. The molecule has 2 heterocycles. The maximum atomic E-state index is 5.98. The molecule has 0 saturated carbocycles. The van der Waals surface area contributed by atoms with E-state index in [1.807, 2.05) is 30.3 Å². The number of anilines is 2. The quantitative estimate of drug-likeness (QED) is 0.401. The molecule has 0 amide bonds. The number of hydrogen-bond donors (Lipinski definition) is 1. The number of nitrogens with zero attached hydrogens (tertiary/aromatic N) is 4. The summed E-state index contributed by atoms with van der Waals surface area (Å²) >= 11 is 11.6. The Kier molecular flexibility index (Phi) is 6.37. The van der Waals surface area contributed by atoms with Gasteiger partial charge in [0.15, 0.2) is 10.9 Å². The molecule has 1 aliphatic heterocycles. The zero-order valence-electron chi connectivity index (χ0n) is 18.1. The molecule has 5 rings (SSSR count). The van der Waals surface area contributed by atoms with E-state index in [2.05, 4.69) is 73.8 Å². The zero-order chi connectivity index (χ0) is 22.6. The fourth-order valence-electron chi connectivity index (χ4n) is 4.16. The number of rotatable bonds is 4. The third-order valence-corrected chi connectivity index (χ3v) is 6.53. The van der Waals surface area contributed by atoms with Crippen molar-refractivity contribution in [2.24, 2.45) is 0 Å². The first-order chi connectivity index (χ1) is 16.2. The van der Waals surface area contributed by atoms with E-state index in [1.165, 1.54) is 5.56 Å². The molecule has 0 bridgehead atoms. The predicted molar refractivity (Wildman–Crippen MR) is 140 cm³/mol. The lowest BCUT2D eigenvalue weighted by molar-refractivity contribution is 0.389. The molecule has 0 radical (unpaired) electrons. The van der Waals surface area contributed by atoms with Crippen LogP contribution in [0.3, 0.4) is 0 Å². The average molecular weight is 474 g/mol. The zero-order valence-corrected chi connectivity index (χ0v) is 19.7. The summed E-state index contributed by atoms with van der Waals surface area (Å²) in [5.74, 6) is 0.943. The highest BCUT2D eigenvalue weighted by atomic mass is 35.5. The van der Waals surface area contributed by atoms with E-state index in [0.717, 1.165) is 65.7 Å². The summed E-state index contributed by atoms with van der Waals surface area (Å²) in [7, 11) is 0.